The molecule has 0 saturated carbocycles. The van der Waals surface area contributed by atoms with Crippen LogP contribution in [0.4, 0.5) is 0 Å². The second-order valence-corrected chi connectivity index (χ2v) is 6.73. The Bertz CT molecular complexity index is 468. The van der Waals surface area contributed by atoms with Crippen LogP contribution >= 0.6 is 11.3 Å². The summed E-state index contributed by atoms with van der Waals surface area (Å²) in [6.07, 6.45) is 4.71. The third kappa shape index (κ3) is 2.90. The molecule has 0 radical (unpaired) electrons. The molecule has 1 N–H and O–H groups in total. The van der Waals surface area contributed by atoms with Crippen molar-refractivity contribution in [2.45, 2.75) is 31.7 Å². The molecule has 1 fully saturated rings. The molecule has 4 nitrogen and oxygen atoms in total. The number of aliphatic carboxylic acids is 1. The van der Waals surface area contributed by atoms with Crippen LogP contribution in [0.3, 0.4) is 0 Å². The zero-order valence-corrected chi connectivity index (χ0v) is 12.6. The first-order chi connectivity index (χ1) is 9.75. The normalized spacial score (nSPS) is 23.9. The molecule has 1 saturated heterocycles. The van der Waals surface area contributed by atoms with E-state index in [1.54, 1.807) is 11.3 Å². The monoisotopic (exact) mass is 294 g/mol. The van der Waals surface area contributed by atoms with Gasteiger partial charge in [-0.05, 0) is 62.3 Å². The third-order valence-electron chi connectivity index (χ3n) is 4.42. The number of carbonyl (C=O) groups is 1. The minimum absolute atomic E-state index is 0.427. The number of carboxylic acid groups (broad SMARTS) is 1. The predicted molar refractivity (Wildman–Crippen MR) is 80.3 cm³/mol. The van der Waals surface area contributed by atoms with Gasteiger partial charge in [0.2, 0.25) is 0 Å². The Labute approximate surface area is 124 Å². The zero-order valence-electron chi connectivity index (χ0n) is 11.8. The summed E-state index contributed by atoms with van der Waals surface area (Å²) in [6, 6.07) is 1.56. The van der Waals surface area contributed by atoms with Crippen LogP contribution in [0.5, 0.6) is 0 Å². The third-order valence-corrected chi connectivity index (χ3v) is 5.41. The molecule has 0 aliphatic carbocycles. The number of hydrogen-bond donors (Lipinski definition) is 1. The van der Waals surface area contributed by atoms with E-state index >= 15 is 0 Å². The molecule has 110 valence electrons. The summed E-state index contributed by atoms with van der Waals surface area (Å²) >= 11 is 1.69. The molecule has 1 aromatic heterocycles. The summed E-state index contributed by atoms with van der Waals surface area (Å²) in [5, 5.41) is 11.6. The molecule has 5 heteroatoms. The van der Waals surface area contributed by atoms with E-state index in [2.05, 4.69) is 9.80 Å². The van der Waals surface area contributed by atoms with Gasteiger partial charge in [0, 0.05) is 18.0 Å². The van der Waals surface area contributed by atoms with Crippen molar-refractivity contribution in [1.29, 1.82) is 0 Å². The lowest BCUT2D eigenvalue weighted by Crippen LogP contribution is -2.40. The summed E-state index contributed by atoms with van der Waals surface area (Å²) in [6.45, 7) is 5.32. The highest BCUT2D eigenvalue weighted by Crippen LogP contribution is 2.33. The predicted octanol–water partition coefficient (Wildman–Crippen LogP) is 2.22. The minimum Gasteiger partial charge on any atom is -0.480 e. The van der Waals surface area contributed by atoms with Crippen LogP contribution in [0.2, 0.25) is 0 Å². The summed E-state index contributed by atoms with van der Waals surface area (Å²) in [5.74, 6) is -0.703. The Hall–Kier alpha value is -0.910. The number of nitrogens with zero attached hydrogens (tertiary/aromatic N) is 2. The van der Waals surface area contributed by atoms with Crippen LogP contribution in [0.1, 0.15) is 35.7 Å². The molecular weight excluding hydrogens is 272 g/mol. The Balaban J connectivity index is 1.59. The van der Waals surface area contributed by atoms with Gasteiger partial charge in [0.15, 0.2) is 0 Å². The van der Waals surface area contributed by atoms with Crippen molar-refractivity contribution in [1.82, 2.24) is 9.80 Å². The van der Waals surface area contributed by atoms with Crippen molar-refractivity contribution in [3.63, 3.8) is 0 Å². The fraction of sp³-hybridized carbons (Fsp3) is 0.667. The van der Waals surface area contributed by atoms with Gasteiger partial charge in [-0.25, -0.2) is 0 Å². The van der Waals surface area contributed by atoms with Gasteiger partial charge in [0.25, 0.3) is 0 Å². The Kier molecular flexibility index (Phi) is 4.38. The second kappa shape index (κ2) is 6.24. The molecular formula is C15H22N2O2S. The van der Waals surface area contributed by atoms with Crippen molar-refractivity contribution in [2.24, 2.45) is 0 Å². The van der Waals surface area contributed by atoms with Gasteiger partial charge in [0.1, 0.15) is 6.04 Å². The van der Waals surface area contributed by atoms with Crippen LogP contribution in [0.25, 0.3) is 0 Å². The van der Waals surface area contributed by atoms with Crippen LogP contribution in [0, 0.1) is 0 Å². The number of carboxylic acids is 1. The van der Waals surface area contributed by atoms with E-state index in [-0.39, 0.29) is 0 Å². The van der Waals surface area contributed by atoms with Crippen molar-refractivity contribution in [3.8, 4) is 0 Å². The highest BCUT2D eigenvalue weighted by molar-refractivity contribution is 7.10. The lowest BCUT2D eigenvalue weighted by atomic mass is 10.00. The highest BCUT2D eigenvalue weighted by atomic mass is 32.1. The maximum atomic E-state index is 11.6. The molecule has 3 rings (SSSR count). The average Bonchev–Trinajstić information content (AvgIpc) is 3.07. The van der Waals surface area contributed by atoms with Crippen molar-refractivity contribution >= 4 is 17.3 Å². The molecule has 2 aliphatic heterocycles. The molecule has 0 bridgehead atoms. The second-order valence-electron chi connectivity index (χ2n) is 5.73. The van der Waals surface area contributed by atoms with Gasteiger partial charge in [-0.2, -0.15) is 0 Å². The van der Waals surface area contributed by atoms with Gasteiger partial charge in [0.05, 0.1) is 0 Å². The van der Waals surface area contributed by atoms with E-state index < -0.39 is 12.0 Å². The van der Waals surface area contributed by atoms with Crippen molar-refractivity contribution < 1.29 is 9.90 Å². The van der Waals surface area contributed by atoms with Gasteiger partial charge in [-0.1, -0.05) is 0 Å². The van der Waals surface area contributed by atoms with E-state index in [1.807, 2.05) is 11.4 Å². The zero-order chi connectivity index (χ0) is 13.9. The van der Waals surface area contributed by atoms with Crippen LogP contribution < -0.4 is 0 Å². The maximum Gasteiger partial charge on any atom is 0.325 e. The van der Waals surface area contributed by atoms with E-state index in [9.17, 15) is 9.90 Å². The van der Waals surface area contributed by atoms with E-state index in [1.165, 1.54) is 30.8 Å². The molecule has 20 heavy (non-hydrogen) atoms. The fourth-order valence-electron chi connectivity index (χ4n) is 3.40. The Morgan fingerprint density at radius 3 is 2.85 bits per heavy atom. The van der Waals surface area contributed by atoms with E-state index in [0.29, 0.717) is 0 Å². The van der Waals surface area contributed by atoms with Crippen LogP contribution in [-0.4, -0.2) is 53.6 Å². The SMILES string of the molecule is O=C(O)C1c2ccsc2CCN1CCCN1CCCC1. The number of likely N-dealkylation sites (tertiary alicyclic amines) is 1. The first-order valence-electron chi connectivity index (χ1n) is 7.51. The van der Waals surface area contributed by atoms with E-state index in [4.69, 9.17) is 0 Å². The molecule has 1 atom stereocenters. The minimum atomic E-state index is -0.703. The molecule has 2 aliphatic rings. The largest absolute Gasteiger partial charge is 0.480 e. The quantitative estimate of drug-likeness (QED) is 0.904. The van der Waals surface area contributed by atoms with Gasteiger partial charge < -0.3 is 10.0 Å². The smallest absolute Gasteiger partial charge is 0.325 e. The Morgan fingerprint density at radius 2 is 2.10 bits per heavy atom. The number of rotatable bonds is 5. The molecule has 1 unspecified atom stereocenters. The first kappa shape index (κ1) is 14.0. The maximum absolute atomic E-state index is 11.6. The highest BCUT2D eigenvalue weighted by Gasteiger charge is 2.33. The van der Waals surface area contributed by atoms with Gasteiger partial charge in [-0.15, -0.1) is 11.3 Å². The van der Waals surface area contributed by atoms with Crippen LogP contribution in [-0.2, 0) is 11.2 Å². The lowest BCUT2D eigenvalue weighted by molar-refractivity contribution is -0.144. The summed E-state index contributed by atoms with van der Waals surface area (Å²) in [5.41, 5.74) is 1.02. The first-order valence-corrected chi connectivity index (χ1v) is 8.39. The van der Waals surface area contributed by atoms with Crippen LogP contribution in [0.15, 0.2) is 11.4 Å². The number of hydrogen-bond acceptors (Lipinski definition) is 4. The summed E-state index contributed by atoms with van der Waals surface area (Å²) < 4.78 is 0. The molecule has 3 heterocycles. The van der Waals surface area contributed by atoms with Gasteiger partial charge in [-0.3, -0.25) is 9.69 Å². The van der Waals surface area contributed by atoms with Crippen molar-refractivity contribution in [3.05, 3.63) is 21.9 Å². The summed E-state index contributed by atoms with van der Waals surface area (Å²) in [7, 11) is 0. The lowest BCUT2D eigenvalue weighted by Gasteiger charge is -2.33. The number of thiophene rings is 1. The average molecular weight is 294 g/mol. The Morgan fingerprint density at radius 1 is 1.30 bits per heavy atom. The van der Waals surface area contributed by atoms with E-state index in [0.717, 1.165) is 38.0 Å². The molecule has 0 aromatic carbocycles. The molecule has 0 spiro atoms. The van der Waals surface area contributed by atoms with Crippen molar-refractivity contribution in [2.75, 3.05) is 32.7 Å². The summed E-state index contributed by atoms with van der Waals surface area (Å²) in [4.78, 5) is 17.5. The number of fused-ring (bicyclic) bond motifs is 1. The molecule has 1 aromatic rings. The topological polar surface area (TPSA) is 43.8 Å². The molecule has 0 amide bonds. The van der Waals surface area contributed by atoms with Gasteiger partial charge >= 0.3 is 5.97 Å². The standard InChI is InChI=1S/C15H22N2O2S/c18-15(19)14-12-5-11-20-13(12)4-10-17(14)9-3-8-16-6-1-2-7-16/h5,11,14H,1-4,6-10H2,(H,18,19). The fourth-order valence-corrected chi connectivity index (χ4v) is 4.31.